The van der Waals surface area contributed by atoms with Crippen molar-refractivity contribution < 1.29 is 14.7 Å². The summed E-state index contributed by atoms with van der Waals surface area (Å²) in [5.74, 6) is -0.0714. The number of piperidine rings is 1. The molecule has 0 radical (unpaired) electrons. The van der Waals surface area contributed by atoms with Gasteiger partial charge in [0.15, 0.2) is 5.82 Å². The molecule has 1 aliphatic heterocycles. The van der Waals surface area contributed by atoms with Crippen LogP contribution >= 0.6 is 0 Å². The number of hydrogen-bond donors (Lipinski definition) is 3. The topological polar surface area (TPSA) is 139 Å². The van der Waals surface area contributed by atoms with E-state index < -0.39 is 11.9 Å². The van der Waals surface area contributed by atoms with E-state index in [1.165, 1.54) is 0 Å². The molecular weight excluding hydrogens is 434 g/mol. The monoisotopic (exact) mass is 463 g/mol. The zero-order valence-corrected chi connectivity index (χ0v) is 19.3. The van der Waals surface area contributed by atoms with Crippen molar-refractivity contribution in [1.29, 1.82) is 0 Å². The second-order valence-electron chi connectivity index (χ2n) is 8.63. The number of hydrogen-bond acceptors (Lipinski definition) is 7. The van der Waals surface area contributed by atoms with E-state index >= 15 is 0 Å². The van der Waals surface area contributed by atoms with Crippen molar-refractivity contribution in [3.05, 3.63) is 54.0 Å². The van der Waals surface area contributed by atoms with Gasteiger partial charge in [-0.1, -0.05) is 12.1 Å². The Labute approximate surface area is 197 Å². The molecular formula is C24H29N7O3. The fraction of sp³-hybridized carbons (Fsp3) is 0.375. The van der Waals surface area contributed by atoms with E-state index in [0.29, 0.717) is 35.7 Å². The second-order valence-corrected chi connectivity index (χ2v) is 8.63. The smallest absolute Gasteiger partial charge is 0.270 e. The number of rotatable bonds is 6. The fourth-order valence-electron chi connectivity index (χ4n) is 3.79. The summed E-state index contributed by atoms with van der Waals surface area (Å²) in [6, 6.07) is 8.51. The highest BCUT2D eigenvalue weighted by Crippen LogP contribution is 2.24. The molecule has 4 N–H and O–H groups in total. The summed E-state index contributed by atoms with van der Waals surface area (Å²) in [6.07, 6.45) is 5.01. The van der Waals surface area contributed by atoms with Crippen LogP contribution in [0.25, 0.3) is 22.6 Å². The lowest BCUT2D eigenvalue weighted by Gasteiger charge is -2.30. The zero-order chi connectivity index (χ0) is 24.2. The number of aromatic nitrogens is 4. The van der Waals surface area contributed by atoms with Crippen LogP contribution in [0.4, 0.5) is 0 Å². The Bertz CT molecular complexity index is 1170. The molecule has 3 aromatic rings. The van der Waals surface area contributed by atoms with E-state index in [0.717, 1.165) is 18.4 Å². The molecule has 0 spiro atoms. The number of nitrogens with one attached hydrogen (secondary N) is 1. The Kier molecular flexibility index (Phi) is 6.99. The van der Waals surface area contributed by atoms with Crippen LogP contribution < -0.4 is 11.1 Å². The molecule has 0 unspecified atom stereocenters. The van der Waals surface area contributed by atoms with Crippen molar-refractivity contribution in [2.45, 2.75) is 31.8 Å². The molecule has 3 heterocycles. The highest BCUT2D eigenvalue weighted by Gasteiger charge is 2.22. The van der Waals surface area contributed by atoms with Crippen LogP contribution in [0.1, 0.15) is 40.6 Å². The minimum absolute atomic E-state index is 0.0183. The molecule has 1 aliphatic rings. The molecule has 2 aromatic heterocycles. The Hall–Kier alpha value is -3.63. The van der Waals surface area contributed by atoms with Crippen molar-refractivity contribution in [3.8, 4) is 22.6 Å². The molecule has 0 bridgehead atoms. The van der Waals surface area contributed by atoms with Gasteiger partial charge in [-0.2, -0.15) is 5.10 Å². The summed E-state index contributed by atoms with van der Waals surface area (Å²) in [7, 11) is 1.79. The molecule has 2 amide bonds. The van der Waals surface area contributed by atoms with Crippen molar-refractivity contribution in [2.75, 3.05) is 19.7 Å². The predicted molar refractivity (Wildman–Crippen MR) is 127 cm³/mol. The Balaban J connectivity index is 1.64. The van der Waals surface area contributed by atoms with Gasteiger partial charge in [-0.05, 0) is 38.0 Å². The Morgan fingerprint density at radius 2 is 1.88 bits per heavy atom. The van der Waals surface area contributed by atoms with Gasteiger partial charge in [0.1, 0.15) is 5.69 Å². The number of carbonyl (C=O) groups is 2. The summed E-state index contributed by atoms with van der Waals surface area (Å²) in [5.41, 5.74) is 8.67. The number of likely N-dealkylation sites (tertiary alicyclic amines) is 1. The number of aliphatic hydroxyl groups is 1. The van der Waals surface area contributed by atoms with Gasteiger partial charge in [-0.25, -0.2) is 9.97 Å². The highest BCUT2D eigenvalue weighted by atomic mass is 16.3. The number of carbonyl (C=O) groups excluding carboxylic acids is 2. The fourth-order valence-corrected chi connectivity index (χ4v) is 3.79. The third-order valence-electron chi connectivity index (χ3n) is 5.83. The minimum Gasteiger partial charge on any atom is -0.394 e. The van der Waals surface area contributed by atoms with Crippen molar-refractivity contribution in [1.82, 2.24) is 30.0 Å². The van der Waals surface area contributed by atoms with E-state index in [1.807, 2.05) is 17.0 Å². The first-order valence-corrected chi connectivity index (χ1v) is 11.3. The van der Waals surface area contributed by atoms with Gasteiger partial charge in [0.05, 0.1) is 24.1 Å². The summed E-state index contributed by atoms with van der Waals surface area (Å²) in [5, 5.41) is 16.2. The summed E-state index contributed by atoms with van der Waals surface area (Å²) >= 11 is 0. The zero-order valence-electron chi connectivity index (χ0n) is 19.3. The Morgan fingerprint density at radius 1 is 1.18 bits per heavy atom. The van der Waals surface area contributed by atoms with Gasteiger partial charge in [0.25, 0.3) is 11.8 Å². The first kappa shape index (κ1) is 23.5. The molecule has 1 saturated heterocycles. The van der Waals surface area contributed by atoms with Crippen LogP contribution in [0.5, 0.6) is 0 Å². The van der Waals surface area contributed by atoms with Gasteiger partial charge in [0.2, 0.25) is 0 Å². The lowest BCUT2D eigenvalue weighted by atomic mass is 10.0. The maximum Gasteiger partial charge on any atom is 0.270 e. The molecule has 1 fully saturated rings. The van der Waals surface area contributed by atoms with Crippen LogP contribution in [-0.2, 0) is 7.05 Å². The molecule has 178 valence electrons. The maximum absolute atomic E-state index is 12.8. The molecule has 1 aromatic carbocycles. The van der Waals surface area contributed by atoms with Crippen LogP contribution in [0.3, 0.4) is 0 Å². The van der Waals surface area contributed by atoms with E-state index in [-0.39, 0.29) is 24.2 Å². The lowest BCUT2D eigenvalue weighted by Crippen LogP contribution is -2.42. The minimum atomic E-state index is -0.414. The van der Waals surface area contributed by atoms with E-state index in [9.17, 15) is 14.7 Å². The van der Waals surface area contributed by atoms with Gasteiger partial charge in [0, 0.05) is 49.5 Å². The number of amides is 2. The molecule has 0 aliphatic carbocycles. The van der Waals surface area contributed by atoms with E-state index in [2.05, 4.69) is 20.4 Å². The van der Waals surface area contributed by atoms with Gasteiger partial charge in [-0.3, -0.25) is 14.3 Å². The largest absolute Gasteiger partial charge is 0.394 e. The first-order chi connectivity index (χ1) is 16.3. The Morgan fingerprint density at radius 3 is 2.50 bits per heavy atom. The third kappa shape index (κ3) is 5.29. The third-order valence-corrected chi connectivity index (χ3v) is 5.83. The van der Waals surface area contributed by atoms with E-state index in [4.69, 9.17) is 5.73 Å². The van der Waals surface area contributed by atoms with Crippen LogP contribution in [0.2, 0.25) is 0 Å². The van der Waals surface area contributed by atoms with Crippen molar-refractivity contribution >= 4 is 11.8 Å². The number of aliphatic hydroxyl groups excluding tert-OH is 1. The number of nitrogens with two attached hydrogens (primary N) is 1. The summed E-state index contributed by atoms with van der Waals surface area (Å²) < 4.78 is 1.63. The first-order valence-electron chi connectivity index (χ1n) is 11.3. The van der Waals surface area contributed by atoms with Gasteiger partial charge < -0.3 is 21.1 Å². The maximum atomic E-state index is 12.8. The van der Waals surface area contributed by atoms with Crippen molar-refractivity contribution in [3.63, 3.8) is 0 Å². The van der Waals surface area contributed by atoms with Gasteiger partial charge >= 0.3 is 0 Å². The van der Waals surface area contributed by atoms with Crippen LogP contribution in [0.15, 0.2) is 42.7 Å². The van der Waals surface area contributed by atoms with Crippen LogP contribution in [-0.4, -0.2) is 73.3 Å². The molecule has 10 heteroatoms. The molecule has 4 rings (SSSR count). The summed E-state index contributed by atoms with van der Waals surface area (Å²) in [4.78, 5) is 36.5. The average Bonchev–Trinajstić information content (AvgIpc) is 3.30. The number of nitrogens with zero attached hydrogens (tertiary/aromatic N) is 5. The molecule has 1 atom stereocenters. The van der Waals surface area contributed by atoms with Crippen LogP contribution in [0, 0.1) is 0 Å². The standard InChI is InChI=1S/C24H29N7O3/c1-15(14-32)27-23(33)21-11-20(28-22(29-21)18-12-26-30(2)13-18)16-3-5-17(6-4-16)24(34)31-9-7-19(25)8-10-31/h3-6,11-13,15,19,32H,7-10,14,25H2,1-2H3,(H,27,33)/t15-/m0/s1. The lowest BCUT2D eigenvalue weighted by molar-refractivity contribution is 0.0714. The summed E-state index contributed by atoms with van der Waals surface area (Å²) in [6.45, 7) is 2.84. The average molecular weight is 464 g/mol. The second kappa shape index (κ2) is 10.1. The highest BCUT2D eigenvalue weighted by molar-refractivity contribution is 5.95. The number of benzene rings is 1. The number of aryl methyl sites for hydroxylation is 1. The predicted octanol–water partition coefficient (Wildman–Crippen LogP) is 1.22. The van der Waals surface area contributed by atoms with E-state index in [1.54, 1.807) is 49.2 Å². The normalized spacial score (nSPS) is 15.2. The van der Waals surface area contributed by atoms with Crippen molar-refractivity contribution in [2.24, 2.45) is 12.8 Å². The molecule has 0 saturated carbocycles. The SMILES string of the molecule is C[C@@H](CO)NC(=O)c1cc(-c2ccc(C(=O)N3CCC(N)CC3)cc2)nc(-c2cnn(C)c2)n1. The quantitative estimate of drug-likeness (QED) is 0.499. The van der Waals surface area contributed by atoms with Gasteiger partial charge in [-0.15, -0.1) is 0 Å². The molecule has 34 heavy (non-hydrogen) atoms. The molecule has 10 nitrogen and oxygen atoms in total.